The zero-order valence-corrected chi connectivity index (χ0v) is 28.7. The zero-order valence-electron chi connectivity index (χ0n) is 27.0. The minimum atomic E-state index is -3.53. The topological polar surface area (TPSA) is 119 Å². The van der Waals surface area contributed by atoms with E-state index in [9.17, 15) is 24.6 Å². The van der Waals surface area contributed by atoms with Gasteiger partial charge in [-0.25, -0.2) is 0 Å². The third-order valence-corrected chi connectivity index (χ3v) is 11.9. The molecule has 1 saturated heterocycles. The van der Waals surface area contributed by atoms with Crippen LogP contribution in [0.15, 0.2) is 72.8 Å². The van der Waals surface area contributed by atoms with Gasteiger partial charge in [0.25, 0.3) is 11.8 Å². The Morgan fingerprint density at radius 1 is 1.11 bits per heavy atom. The monoisotopic (exact) mass is 681 g/mol. The molecular weight excluding hydrogens is 641 g/mol. The van der Waals surface area contributed by atoms with Gasteiger partial charge >= 0.3 is 0 Å². The summed E-state index contributed by atoms with van der Waals surface area (Å²) in [6.07, 6.45) is -2.19. The molecule has 47 heavy (non-hydrogen) atoms. The van der Waals surface area contributed by atoms with E-state index in [0.29, 0.717) is 22.0 Å². The van der Waals surface area contributed by atoms with Gasteiger partial charge in [0.2, 0.25) is 14.3 Å². The first-order valence-corrected chi connectivity index (χ1v) is 19.1. The number of ether oxygens (including phenoxy) is 1. The second-order valence-corrected chi connectivity index (χ2v) is 17.1. The van der Waals surface area contributed by atoms with E-state index >= 15 is 4.11 Å². The Morgan fingerprint density at radius 2 is 1.79 bits per heavy atom. The summed E-state index contributed by atoms with van der Waals surface area (Å²) in [6, 6.07) is 21.5. The van der Waals surface area contributed by atoms with Crippen LogP contribution in [0.2, 0.25) is 23.7 Å². The second-order valence-electron chi connectivity index (χ2n) is 12.9. The summed E-state index contributed by atoms with van der Waals surface area (Å²) < 4.78 is 23.0. The molecule has 3 aromatic carbocycles. The van der Waals surface area contributed by atoms with Crippen LogP contribution < -0.4 is 10.2 Å². The molecule has 5 rings (SSSR count). The summed E-state index contributed by atoms with van der Waals surface area (Å²) in [5, 5.41) is 22.3. The van der Waals surface area contributed by atoms with E-state index in [2.05, 4.69) is 5.32 Å². The van der Waals surface area contributed by atoms with Gasteiger partial charge in [-0.05, 0) is 61.5 Å². The van der Waals surface area contributed by atoms with Gasteiger partial charge in [0.1, 0.15) is 6.10 Å². The van der Waals surface area contributed by atoms with Gasteiger partial charge in [-0.2, -0.15) is 0 Å². The molecule has 0 aliphatic carbocycles. The third kappa shape index (κ3) is 7.00. The lowest BCUT2D eigenvalue weighted by Crippen LogP contribution is -2.45. The van der Waals surface area contributed by atoms with E-state index in [1.165, 1.54) is 6.92 Å². The van der Waals surface area contributed by atoms with Crippen molar-refractivity contribution in [2.45, 2.75) is 69.8 Å². The summed E-state index contributed by atoms with van der Waals surface area (Å²) >= 11 is 6.48. The van der Waals surface area contributed by atoms with Gasteiger partial charge in [-0.15, -0.1) is 0 Å². The Labute approximate surface area is 280 Å². The molecule has 3 aromatic rings. The standard InChI is InChI=1S/C35H41ClFN3O6Si/c1-22-32(47(3,4)37)30(19-31(43)39(16-17-41)20-24-8-6-5-7-9-24)46-35(22)28-18-26(36)12-15-29(28)40(34(35)45)21-25-10-13-27(14-11-25)38-33(44)23(2)42/h5-15,18,22-23,30,32,41-42H,16-17,19-21H2,1-4H3,(H,38,44)/t22-,23+,30+,32-,35+/m1/s1. The number of anilines is 2. The molecular formula is C35H41ClFN3O6Si. The van der Waals surface area contributed by atoms with Gasteiger partial charge in [0.05, 0.1) is 31.4 Å². The van der Waals surface area contributed by atoms with E-state index < -0.39 is 43.6 Å². The molecule has 0 unspecified atom stereocenters. The van der Waals surface area contributed by atoms with Gasteiger partial charge in [-0.3, -0.25) is 14.4 Å². The molecule has 1 spiro atoms. The molecule has 2 heterocycles. The number of fused-ring (bicyclic) bond motifs is 2. The number of carbonyl (C=O) groups is 3. The fourth-order valence-electron chi connectivity index (χ4n) is 7.02. The van der Waals surface area contributed by atoms with Crippen molar-refractivity contribution in [3.05, 3.63) is 94.5 Å². The molecule has 3 N–H and O–H groups in total. The molecule has 2 aliphatic heterocycles. The van der Waals surface area contributed by atoms with E-state index in [0.717, 1.165) is 11.1 Å². The quantitative estimate of drug-likeness (QED) is 0.184. The fourth-order valence-corrected chi connectivity index (χ4v) is 9.68. The van der Waals surface area contributed by atoms with Crippen molar-refractivity contribution in [3.8, 4) is 0 Å². The first-order valence-electron chi connectivity index (χ1n) is 15.8. The van der Waals surface area contributed by atoms with Crippen LogP contribution >= 0.6 is 11.6 Å². The number of nitrogens with one attached hydrogen (secondary N) is 1. The summed E-state index contributed by atoms with van der Waals surface area (Å²) in [5.41, 5.74) is 1.04. The second kappa shape index (κ2) is 13.9. The maximum absolute atomic E-state index is 16.3. The molecule has 3 amide bonds. The normalized spacial score (nSPS) is 22.8. The fraction of sp³-hybridized carbons (Fsp3) is 0.400. The molecule has 9 nitrogen and oxygen atoms in total. The SMILES string of the molecule is C[C@H](O)C(=O)Nc1ccc(CN2C(=O)[C@@]3(O[C@@H](CC(=O)N(CCO)Cc4ccccc4)[C@H]([Si](C)(C)F)[C@H]3C)c3cc(Cl)ccc32)cc1. The molecule has 1 fully saturated rings. The first-order chi connectivity index (χ1) is 22.3. The molecule has 0 aromatic heterocycles. The predicted octanol–water partition coefficient (Wildman–Crippen LogP) is 5.39. The Balaban J connectivity index is 1.46. The van der Waals surface area contributed by atoms with Gasteiger partial charge in [0, 0.05) is 40.8 Å². The molecule has 0 radical (unpaired) electrons. The van der Waals surface area contributed by atoms with Crippen molar-refractivity contribution in [1.29, 1.82) is 0 Å². The number of hydrogen-bond donors (Lipinski definition) is 3. The maximum Gasteiger partial charge on any atom is 0.264 e. The molecule has 0 saturated carbocycles. The van der Waals surface area contributed by atoms with Crippen LogP contribution in [0.25, 0.3) is 0 Å². The van der Waals surface area contributed by atoms with Crippen LogP contribution in [-0.2, 0) is 37.8 Å². The minimum absolute atomic E-state index is 0.106. The Bertz CT molecular complexity index is 1620. The lowest BCUT2D eigenvalue weighted by atomic mass is 9.82. The van der Waals surface area contributed by atoms with Gasteiger partial charge in [-0.1, -0.05) is 61.0 Å². The van der Waals surface area contributed by atoms with Crippen LogP contribution in [0, 0.1) is 5.92 Å². The number of benzene rings is 3. The lowest BCUT2D eigenvalue weighted by molar-refractivity contribution is -0.150. The summed E-state index contributed by atoms with van der Waals surface area (Å²) in [4.78, 5) is 43.4. The summed E-state index contributed by atoms with van der Waals surface area (Å²) in [7, 11) is -3.53. The van der Waals surface area contributed by atoms with Gasteiger partial charge in [0.15, 0.2) is 5.60 Å². The number of carbonyl (C=O) groups excluding carboxylic acids is 3. The van der Waals surface area contributed by atoms with Crippen LogP contribution in [0.4, 0.5) is 15.5 Å². The van der Waals surface area contributed by atoms with Crippen LogP contribution in [0.3, 0.4) is 0 Å². The van der Waals surface area contributed by atoms with Crippen molar-refractivity contribution in [3.63, 3.8) is 0 Å². The highest BCUT2D eigenvalue weighted by Gasteiger charge is 2.67. The van der Waals surface area contributed by atoms with E-state index in [1.54, 1.807) is 65.4 Å². The highest BCUT2D eigenvalue weighted by atomic mass is 35.5. The maximum atomic E-state index is 16.3. The number of aliphatic hydroxyl groups excluding tert-OH is 2. The summed E-state index contributed by atoms with van der Waals surface area (Å²) in [6.45, 7) is 6.68. The first kappa shape index (κ1) is 34.7. The van der Waals surface area contributed by atoms with E-state index in [1.807, 2.05) is 37.3 Å². The van der Waals surface area contributed by atoms with Crippen molar-refractivity contribution >= 4 is 49.1 Å². The van der Waals surface area contributed by atoms with Crippen molar-refractivity contribution in [2.24, 2.45) is 5.92 Å². The average Bonchev–Trinajstić information content (AvgIpc) is 3.44. The Morgan fingerprint density at radius 3 is 2.40 bits per heavy atom. The number of amides is 3. The highest BCUT2D eigenvalue weighted by molar-refractivity contribution is 6.72. The number of nitrogens with zero attached hydrogens (tertiary/aromatic N) is 2. The van der Waals surface area contributed by atoms with Crippen LogP contribution in [0.1, 0.15) is 37.0 Å². The van der Waals surface area contributed by atoms with Crippen LogP contribution in [0.5, 0.6) is 0 Å². The largest absolute Gasteiger partial charge is 0.395 e. The highest BCUT2D eigenvalue weighted by Crippen LogP contribution is 2.60. The van der Waals surface area contributed by atoms with Crippen molar-refractivity contribution in [1.82, 2.24) is 4.90 Å². The molecule has 5 atom stereocenters. The molecule has 0 bridgehead atoms. The number of halogens is 2. The number of rotatable bonds is 11. The number of aliphatic hydroxyl groups is 2. The predicted molar refractivity (Wildman–Crippen MR) is 181 cm³/mol. The zero-order chi connectivity index (χ0) is 34.1. The molecule has 12 heteroatoms. The third-order valence-electron chi connectivity index (χ3n) is 9.18. The van der Waals surface area contributed by atoms with E-state index in [4.69, 9.17) is 16.3 Å². The molecule has 2 aliphatic rings. The lowest BCUT2D eigenvalue weighted by Gasteiger charge is -2.31. The Hall–Kier alpha value is -3.61. The van der Waals surface area contributed by atoms with Gasteiger partial charge < -0.3 is 34.2 Å². The Kier molecular flexibility index (Phi) is 10.2. The average molecular weight is 682 g/mol. The molecule has 250 valence electrons. The van der Waals surface area contributed by atoms with E-state index in [-0.39, 0.29) is 44.5 Å². The number of hydrogen-bond acceptors (Lipinski definition) is 6. The van der Waals surface area contributed by atoms with Crippen LogP contribution in [-0.4, -0.2) is 66.6 Å². The van der Waals surface area contributed by atoms with Crippen molar-refractivity contribution in [2.75, 3.05) is 23.4 Å². The summed E-state index contributed by atoms with van der Waals surface area (Å²) in [5.74, 6) is -1.80. The smallest absolute Gasteiger partial charge is 0.264 e. The van der Waals surface area contributed by atoms with Crippen molar-refractivity contribution < 1.29 is 33.4 Å². The minimum Gasteiger partial charge on any atom is -0.395 e.